The second kappa shape index (κ2) is 17.4. The molecule has 4 rings (SSSR count). The molecule has 0 radical (unpaired) electrons. The summed E-state index contributed by atoms with van der Waals surface area (Å²) in [5.74, 6) is -1.74. The second-order valence-electron chi connectivity index (χ2n) is 13.8. The van der Waals surface area contributed by atoms with Crippen molar-refractivity contribution in [3.05, 3.63) is 11.6 Å². The van der Waals surface area contributed by atoms with E-state index in [2.05, 4.69) is 21.3 Å². The molecule has 4 unspecified atom stereocenters. The van der Waals surface area contributed by atoms with E-state index in [9.17, 15) is 28.2 Å². The lowest BCUT2D eigenvalue weighted by Gasteiger charge is -2.42. The fourth-order valence-electron chi connectivity index (χ4n) is 6.71. The Bertz CT molecular complexity index is 1170. The van der Waals surface area contributed by atoms with Gasteiger partial charge in [-0.3, -0.25) is 19.2 Å². The maximum atomic E-state index is 14.2. The van der Waals surface area contributed by atoms with Gasteiger partial charge in [-0.05, 0) is 69.6 Å². The lowest BCUT2D eigenvalue weighted by atomic mass is 9.70. The van der Waals surface area contributed by atoms with E-state index >= 15 is 0 Å². The van der Waals surface area contributed by atoms with Gasteiger partial charge in [-0.25, -0.2) is 9.00 Å². The van der Waals surface area contributed by atoms with Gasteiger partial charge in [0.15, 0.2) is 11.1 Å². The molecule has 5 amide bonds. The number of hydrogen-bond acceptors (Lipinski definition) is 6. The first-order valence-corrected chi connectivity index (χ1v) is 18.6. The quantitative estimate of drug-likeness (QED) is 0.0611. The van der Waals surface area contributed by atoms with Gasteiger partial charge in [0.25, 0.3) is 5.91 Å². The Balaban J connectivity index is 1.33. The Labute approximate surface area is 275 Å². The van der Waals surface area contributed by atoms with Crippen molar-refractivity contribution < 1.29 is 32.7 Å². The summed E-state index contributed by atoms with van der Waals surface area (Å²) < 4.78 is 19.6. The van der Waals surface area contributed by atoms with Crippen molar-refractivity contribution in [1.82, 2.24) is 26.2 Å². The average molecular weight is 664 g/mol. The highest BCUT2D eigenvalue weighted by Gasteiger charge is 2.46. The summed E-state index contributed by atoms with van der Waals surface area (Å²) in [6, 6.07) is -2.92. The van der Waals surface area contributed by atoms with Crippen LogP contribution in [0.15, 0.2) is 11.6 Å². The summed E-state index contributed by atoms with van der Waals surface area (Å²) in [5, 5.41) is 11.4. The Morgan fingerprint density at radius 1 is 0.957 bits per heavy atom. The number of unbranched alkanes of at least 4 members (excludes halogenated alkanes) is 5. The van der Waals surface area contributed by atoms with E-state index in [1.54, 1.807) is 4.90 Å². The van der Waals surface area contributed by atoms with Crippen LogP contribution in [0.4, 0.5) is 4.79 Å². The highest BCUT2D eigenvalue weighted by atomic mass is 32.2. The summed E-state index contributed by atoms with van der Waals surface area (Å²) in [4.78, 5) is 68.0. The Kier molecular flexibility index (Phi) is 13.6. The van der Waals surface area contributed by atoms with Crippen LogP contribution in [0, 0.1) is 5.41 Å². The Hall–Kier alpha value is -2.80. The molecule has 4 atom stereocenters. The number of likely N-dealkylation sites (tertiary alicyclic amines) is 1. The van der Waals surface area contributed by atoms with Gasteiger partial charge in [-0.1, -0.05) is 63.5 Å². The third-order valence-electron chi connectivity index (χ3n) is 9.81. The van der Waals surface area contributed by atoms with Crippen molar-refractivity contribution in [3.63, 3.8) is 0 Å². The van der Waals surface area contributed by atoms with Gasteiger partial charge in [-0.15, -0.1) is 0 Å². The molecule has 46 heavy (non-hydrogen) atoms. The molecule has 12 nitrogen and oxygen atoms in total. The molecule has 3 fully saturated rings. The van der Waals surface area contributed by atoms with Gasteiger partial charge in [0, 0.05) is 24.9 Å². The highest BCUT2D eigenvalue weighted by molar-refractivity contribution is 7.79. The largest absolute Gasteiger partial charge is 0.347 e. The van der Waals surface area contributed by atoms with Gasteiger partial charge in [0.2, 0.25) is 17.6 Å². The van der Waals surface area contributed by atoms with Gasteiger partial charge >= 0.3 is 6.03 Å². The highest BCUT2D eigenvalue weighted by Crippen LogP contribution is 2.40. The van der Waals surface area contributed by atoms with Crippen LogP contribution in [0.2, 0.25) is 0 Å². The van der Waals surface area contributed by atoms with Crippen LogP contribution in [-0.4, -0.2) is 86.2 Å². The van der Waals surface area contributed by atoms with Crippen LogP contribution in [-0.2, 0) is 30.3 Å². The fourth-order valence-corrected chi connectivity index (χ4v) is 7.16. The minimum atomic E-state index is -1.74. The number of carbonyl (C=O) groups excluding carboxylic acids is 5. The zero-order valence-corrected chi connectivity index (χ0v) is 28.1. The first-order valence-electron chi connectivity index (χ1n) is 17.3. The average Bonchev–Trinajstić information content (AvgIpc) is 3.96. The van der Waals surface area contributed by atoms with E-state index in [-0.39, 0.29) is 18.4 Å². The molecular formula is C33H53N5O7S. The molecule has 0 aromatic carbocycles. The van der Waals surface area contributed by atoms with Crippen molar-refractivity contribution in [1.29, 1.82) is 0 Å². The third-order valence-corrected chi connectivity index (χ3v) is 10.5. The number of amides is 5. The summed E-state index contributed by atoms with van der Waals surface area (Å²) in [7, 11) is 0. The second-order valence-corrected chi connectivity index (χ2v) is 14.9. The molecular weight excluding hydrogens is 610 g/mol. The predicted octanol–water partition coefficient (Wildman–Crippen LogP) is 3.23. The Morgan fingerprint density at radius 3 is 2.28 bits per heavy atom. The summed E-state index contributed by atoms with van der Waals surface area (Å²) in [5.41, 5.74) is 0.571. The SMILES string of the molecule is CC1(C(NC(=O)NCCCCCCCCS(=O)O)C(=O)N2CCCC2C(=O)NC(CC2=CC2)C(=O)C(=O)NC2CC2)CCCCC1. The zero-order valence-electron chi connectivity index (χ0n) is 27.3. The molecule has 1 saturated heterocycles. The lowest BCUT2D eigenvalue weighted by molar-refractivity contribution is -0.144. The van der Waals surface area contributed by atoms with Crippen LogP contribution in [0.3, 0.4) is 0 Å². The molecule has 2 saturated carbocycles. The van der Waals surface area contributed by atoms with Crippen LogP contribution < -0.4 is 21.3 Å². The summed E-state index contributed by atoms with van der Waals surface area (Å²) >= 11 is -1.74. The molecule has 258 valence electrons. The number of allylic oxidation sites excluding steroid dienone is 1. The summed E-state index contributed by atoms with van der Waals surface area (Å²) in [6.07, 6.45) is 15.7. The topological polar surface area (TPSA) is 174 Å². The molecule has 0 aromatic heterocycles. The van der Waals surface area contributed by atoms with E-state index in [0.29, 0.717) is 31.7 Å². The van der Waals surface area contributed by atoms with Crippen molar-refractivity contribution >= 4 is 40.6 Å². The van der Waals surface area contributed by atoms with Crippen molar-refractivity contribution in [3.8, 4) is 0 Å². The maximum absolute atomic E-state index is 14.2. The number of rotatable bonds is 19. The standard InChI is InChI=1S/C33H53N5O7S/c1-33(17-7-6-8-18-33)28(37-32(43)34-19-9-4-2-3-5-10-21-46(44)45)31(42)38-20-11-12-26(38)29(40)36-25(22-23-13-14-23)27(39)30(41)35-24-15-16-24/h13,24-26,28H,2-12,14-22H2,1H3,(H,35,41)(H,36,40)(H,44,45)(H2,34,37,43). The predicted molar refractivity (Wildman–Crippen MR) is 175 cm³/mol. The molecule has 0 aromatic rings. The number of carbonyl (C=O) groups is 5. The molecule has 4 aliphatic rings. The van der Waals surface area contributed by atoms with Crippen molar-refractivity contribution in [2.24, 2.45) is 5.41 Å². The molecule has 1 aliphatic heterocycles. The van der Waals surface area contributed by atoms with Gasteiger partial charge < -0.3 is 30.7 Å². The van der Waals surface area contributed by atoms with E-state index in [1.165, 1.54) is 0 Å². The van der Waals surface area contributed by atoms with E-state index < -0.39 is 58.2 Å². The van der Waals surface area contributed by atoms with Gasteiger partial charge in [0.05, 0.1) is 0 Å². The molecule has 1 heterocycles. The molecule has 13 heteroatoms. The first kappa shape index (κ1) is 36.0. The van der Waals surface area contributed by atoms with Crippen LogP contribution in [0.1, 0.15) is 116 Å². The Morgan fingerprint density at radius 2 is 1.63 bits per heavy atom. The minimum Gasteiger partial charge on any atom is -0.347 e. The number of urea groups is 1. The molecule has 5 N–H and O–H groups in total. The normalized spacial score (nSPS) is 22.2. The minimum absolute atomic E-state index is 0.0291. The third kappa shape index (κ3) is 11.2. The van der Waals surface area contributed by atoms with Crippen LogP contribution >= 0.6 is 0 Å². The van der Waals surface area contributed by atoms with E-state index in [4.69, 9.17) is 4.55 Å². The number of nitrogens with zero attached hydrogens (tertiary/aromatic N) is 1. The smallest absolute Gasteiger partial charge is 0.315 e. The molecule has 0 spiro atoms. The lowest BCUT2D eigenvalue weighted by Crippen LogP contribution is -2.61. The molecule has 0 bridgehead atoms. The summed E-state index contributed by atoms with van der Waals surface area (Å²) in [6.45, 7) is 2.90. The van der Waals surface area contributed by atoms with Crippen LogP contribution in [0.25, 0.3) is 0 Å². The van der Waals surface area contributed by atoms with Crippen LogP contribution in [0.5, 0.6) is 0 Å². The van der Waals surface area contributed by atoms with Gasteiger partial charge in [0.1, 0.15) is 18.1 Å². The van der Waals surface area contributed by atoms with Gasteiger partial charge in [-0.2, -0.15) is 0 Å². The molecule has 3 aliphatic carbocycles. The maximum Gasteiger partial charge on any atom is 0.315 e. The van der Waals surface area contributed by atoms with E-state index in [1.807, 2.05) is 13.0 Å². The fraction of sp³-hybridized carbons (Fsp3) is 0.788. The number of Topliss-reactive ketones (excluding diaryl/α,β-unsaturated/α-hetero) is 1. The van der Waals surface area contributed by atoms with E-state index in [0.717, 1.165) is 95.5 Å². The zero-order chi connectivity index (χ0) is 33.1. The number of ketones is 1. The number of nitrogens with one attached hydrogen (secondary N) is 4. The van der Waals surface area contributed by atoms with Crippen molar-refractivity contribution in [2.45, 2.75) is 140 Å². The monoisotopic (exact) mass is 663 g/mol. The number of hydrogen-bond donors (Lipinski definition) is 5. The van der Waals surface area contributed by atoms with Crippen molar-refractivity contribution in [2.75, 3.05) is 18.8 Å². The first-order chi connectivity index (χ1) is 22.1.